The molecule has 0 spiro atoms. The number of alkyl halides is 3. The van der Waals surface area contributed by atoms with Gasteiger partial charge in [0.05, 0.1) is 23.0 Å². The average Bonchev–Trinajstić information content (AvgIpc) is 2.93. The maximum absolute atomic E-state index is 13.6. The van der Waals surface area contributed by atoms with Gasteiger partial charge in [-0.15, -0.1) is 5.10 Å². The van der Waals surface area contributed by atoms with Gasteiger partial charge < -0.3 is 10.2 Å². The normalized spacial score (nSPS) is 15.8. The molecule has 1 fully saturated rings. The van der Waals surface area contributed by atoms with Crippen LogP contribution in [0.25, 0.3) is 22.5 Å². The van der Waals surface area contributed by atoms with Crippen molar-refractivity contribution < 1.29 is 13.2 Å². The molecule has 0 unspecified atom stereocenters. The van der Waals surface area contributed by atoms with Gasteiger partial charge in [0, 0.05) is 17.7 Å². The van der Waals surface area contributed by atoms with Gasteiger partial charge in [-0.3, -0.25) is 0 Å². The maximum atomic E-state index is 13.6. The summed E-state index contributed by atoms with van der Waals surface area (Å²) in [7, 11) is 2.08. The molecule has 6 nitrogen and oxygen atoms in total. The van der Waals surface area contributed by atoms with E-state index in [0.717, 1.165) is 49.3 Å². The number of rotatable bonds is 6. The number of piperidine rings is 1. The minimum absolute atomic E-state index is 0.0488. The Bertz CT molecular complexity index is 1380. The van der Waals surface area contributed by atoms with Gasteiger partial charge in [0.15, 0.2) is 0 Å². The Balaban J connectivity index is 1.54. The predicted octanol–water partition coefficient (Wildman–Crippen LogP) is 6.60. The van der Waals surface area contributed by atoms with Gasteiger partial charge in [-0.05, 0) is 75.3 Å². The van der Waals surface area contributed by atoms with Crippen molar-refractivity contribution >= 4 is 5.95 Å². The summed E-state index contributed by atoms with van der Waals surface area (Å²) in [6.07, 6.45) is -0.991. The number of likely N-dealkylation sites (tertiary alicyclic amines) is 1. The maximum Gasteiger partial charge on any atom is 0.416 e. The van der Waals surface area contributed by atoms with Crippen LogP contribution in [-0.4, -0.2) is 45.2 Å². The molecular formula is C29H29F3N6. The van der Waals surface area contributed by atoms with E-state index in [1.165, 1.54) is 6.07 Å². The summed E-state index contributed by atoms with van der Waals surface area (Å²) in [6, 6.07) is 18.8. The van der Waals surface area contributed by atoms with Crippen molar-refractivity contribution in [3.05, 3.63) is 89.7 Å². The van der Waals surface area contributed by atoms with E-state index in [-0.39, 0.29) is 12.0 Å². The molecule has 1 saturated heterocycles. The first-order valence-electron chi connectivity index (χ1n) is 12.7. The first kappa shape index (κ1) is 25.8. The van der Waals surface area contributed by atoms with E-state index in [1.54, 1.807) is 18.3 Å². The minimum atomic E-state index is -4.45. The molecule has 38 heavy (non-hydrogen) atoms. The molecular weight excluding hydrogens is 489 g/mol. The van der Waals surface area contributed by atoms with E-state index < -0.39 is 11.7 Å². The fourth-order valence-corrected chi connectivity index (χ4v) is 4.76. The van der Waals surface area contributed by atoms with E-state index >= 15 is 0 Å². The van der Waals surface area contributed by atoms with E-state index in [0.29, 0.717) is 28.5 Å². The molecule has 3 heterocycles. The van der Waals surface area contributed by atoms with Gasteiger partial charge >= 0.3 is 6.18 Å². The Morgan fingerprint density at radius 2 is 1.71 bits per heavy atom. The van der Waals surface area contributed by atoms with E-state index in [4.69, 9.17) is 0 Å². The van der Waals surface area contributed by atoms with Crippen molar-refractivity contribution in [2.45, 2.75) is 37.9 Å². The Morgan fingerprint density at radius 3 is 2.45 bits per heavy atom. The largest absolute Gasteiger partial charge is 0.416 e. The van der Waals surface area contributed by atoms with Gasteiger partial charge in [-0.25, -0.2) is 9.97 Å². The number of halogens is 3. The second-order valence-corrected chi connectivity index (χ2v) is 9.73. The zero-order chi connectivity index (χ0) is 26.7. The van der Waals surface area contributed by atoms with Crippen molar-refractivity contribution in [2.24, 2.45) is 0 Å². The molecule has 9 heteroatoms. The van der Waals surface area contributed by atoms with Crippen LogP contribution in [0.2, 0.25) is 0 Å². The molecule has 5 rings (SSSR count). The highest BCUT2D eigenvalue weighted by molar-refractivity contribution is 5.79. The fraction of sp³-hybridized carbons (Fsp3) is 0.310. The van der Waals surface area contributed by atoms with Crippen molar-refractivity contribution in [3.8, 4) is 22.5 Å². The Hall–Kier alpha value is -3.85. The highest BCUT2D eigenvalue weighted by Crippen LogP contribution is 2.37. The summed E-state index contributed by atoms with van der Waals surface area (Å²) in [5.74, 6) is 0.599. The molecule has 0 amide bonds. The van der Waals surface area contributed by atoms with Crippen LogP contribution < -0.4 is 5.32 Å². The lowest BCUT2D eigenvalue weighted by atomic mass is 9.91. The van der Waals surface area contributed by atoms with Crippen molar-refractivity contribution in [1.29, 1.82) is 0 Å². The number of nitrogens with zero attached hydrogens (tertiary/aromatic N) is 5. The second-order valence-electron chi connectivity index (χ2n) is 9.73. The Morgan fingerprint density at radius 1 is 0.947 bits per heavy atom. The molecule has 0 radical (unpaired) electrons. The molecule has 1 N–H and O–H groups in total. The molecule has 2 aromatic carbocycles. The van der Waals surface area contributed by atoms with Crippen LogP contribution >= 0.6 is 0 Å². The van der Waals surface area contributed by atoms with Crippen LogP contribution in [0.15, 0.2) is 72.9 Å². The molecule has 0 bridgehead atoms. The predicted molar refractivity (Wildman–Crippen MR) is 141 cm³/mol. The molecule has 1 aliphatic rings. The van der Waals surface area contributed by atoms with Gasteiger partial charge in [-0.2, -0.15) is 18.3 Å². The SMILES string of the molecule is C[C@H](Nc1nccc(-c2nnc(C3CCN(C)CC3)cc2-c2cccc(C(F)(F)F)c2)n1)c1ccccc1. The zero-order valence-electron chi connectivity index (χ0n) is 21.3. The first-order valence-corrected chi connectivity index (χ1v) is 12.7. The number of aromatic nitrogens is 4. The van der Waals surface area contributed by atoms with E-state index in [9.17, 15) is 13.2 Å². The van der Waals surface area contributed by atoms with Crippen LogP contribution in [-0.2, 0) is 6.18 Å². The summed E-state index contributed by atoms with van der Waals surface area (Å²) < 4.78 is 40.7. The second kappa shape index (κ2) is 10.9. The van der Waals surface area contributed by atoms with Gasteiger partial charge in [0.1, 0.15) is 5.69 Å². The van der Waals surface area contributed by atoms with E-state index in [1.807, 2.05) is 43.3 Å². The van der Waals surface area contributed by atoms with Crippen molar-refractivity contribution in [1.82, 2.24) is 25.1 Å². The average molecular weight is 519 g/mol. The monoisotopic (exact) mass is 518 g/mol. The molecule has 0 saturated carbocycles. The summed E-state index contributed by atoms with van der Waals surface area (Å²) in [5.41, 5.74) is 3.05. The van der Waals surface area contributed by atoms with Crippen molar-refractivity contribution in [2.75, 3.05) is 25.5 Å². The lowest BCUT2D eigenvalue weighted by Gasteiger charge is -2.28. The van der Waals surface area contributed by atoms with Gasteiger partial charge in [-0.1, -0.05) is 42.5 Å². The number of hydrogen-bond donors (Lipinski definition) is 1. The lowest BCUT2D eigenvalue weighted by molar-refractivity contribution is -0.137. The molecule has 4 aromatic rings. The van der Waals surface area contributed by atoms with Gasteiger partial charge in [0.2, 0.25) is 5.95 Å². The third-order valence-corrected chi connectivity index (χ3v) is 6.99. The summed E-state index contributed by atoms with van der Waals surface area (Å²) in [5, 5.41) is 12.4. The molecule has 1 aliphatic heterocycles. The number of hydrogen-bond acceptors (Lipinski definition) is 6. The highest BCUT2D eigenvalue weighted by Gasteiger charge is 2.31. The van der Waals surface area contributed by atoms with Crippen molar-refractivity contribution in [3.63, 3.8) is 0 Å². The van der Waals surface area contributed by atoms with Crippen LogP contribution in [0.3, 0.4) is 0 Å². The number of nitrogens with one attached hydrogen (secondary N) is 1. The first-order chi connectivity index (χ1) is 18.3. The zero-order valence-corrected chi connectivity index (χ0v) is 21.3. The Kier molecular flexibility index (Phi) is 7.37. The minimum Gasteiger partial charge on any atom is -0.348 e. The molecule has 1 atom stereocenters. The Labute approximate surface area is 220 Å². The van der Waals surface area contributed by atoms with Crippen LogP contribution in [0.4, 0.5) is 19.1 Å². The highest BCUT2D eigenvalue weighted by atomic mass is 19.4. The molecule has 196 valence electrons. The number of anilines is 1. The number of benzene rings is 2. The lowest BCUT2D eigenvalue weighted by Crippen LogP contribution is -2.29. The smallest absolute Gasteiger partial charge is 0.348 e. The van der Waals surface area contributed by atoms with E-state index in [2.05, 4.69) is 37.4 Å². The summed E-state index contributed by atoms with van der Waals surface area (Å²) in [4.78, 5) is 11.3. The van der Waals surface area contributed by atoms with Crippen LogP contribution in [0.1, 0.15) is 48.5 Å². The summed E-state index contributed by atoms with van der Waals surface area (Å²) in [6.45, 7) is 3.89. The van der Waals surface area contributed by atoms with Crippen LogP contribution in [0, 0.1) is 0 Å². The van der Waals surface area contributed by atoms with Gasteiger partial charge in [0.25, 0.3) is 0 Å². The third-order valence-electron chi connectivity index (χ3n) is 6.99. The summed E-state index contributed by atoms with van der Waals surface area (Å²) >= 11 is 0. The molecule has 0 aliphatic carbocycles. The molecule has 2 aromatic heterocycles. The standard InChI is InChI=1S/C29H29F3N6/c1-19(20-7-4-3-5-8-20)34-28-33-14-11-25(35-28)27-24(22-9-6-10-23(17-22)29(30,31)32)18-26(36-37-27)21-12-15-38(2)16-13-21/h3-11,14,17-19,21H,12-13,15-16H2,1-2H3,(H,33,34,35)/t19-/m0/s1. The third kappa shape index (κ3) is 5.83. The fourth-order valence-electron chi connectivity index (χ4n) is 4.76. The van der Waals surface area contributed by atoms with Crippen LogP contribution in [0.5, 0.6) is 0 Å². The topological polar surface area (TPSA) is 66.8 Å². The quantitative estimate of drug-likeness (QED) is 0.310.